The molecule has 54 heavy (non-hydrogen) atoms. The van der Waals surface area contributed by atoms with E-state index in [1.54, 1.807) is 6.26 Å². The fourth-order valence-electron chi connectivity index (χ4n) is 8.29. The summed E-state index contributed by atoms with van der Waals surface area (Å²) in [6.07, 6.45) is 1.73. The number of imidazole rings is 1. The summed E-state index contributed by atoms with van der Waals surface area (Å²) in [5.74, 6) is 1.46. The van der Waals surface area contributed by atoms with E-state index >= 15 is 0 Å². The van der Waals surface area contributed by atoms with Crippen LogP contribution >= 0.6 is 0 Å². The van der Waals surface area contributed by atoms with Crippen LogP contribution < -0.4 is 0 Å². The highest BCUT2D eigenvalue weighted by Crippen LogP contribution is 2.52. The summed E-state index contributed by atoms with van der Waals surface area (Å²) in [5, 5.41) is 17.0. The molecule has 0 radical (unpaired) electrons. The second-order valence-electron chi connectivity index (χ2n) is 13.6. The topological polar surface area (TPSA) is 128 Å². The van der Waals surface area contributed by atoms with Gasteiger partial charge in [-0.2, -0.15) is 0 Å². The predicted molar refractivity (Wildman–Crippen MR) is 214 cm³/mol. The maximum absolute atomic E-state index is 6.47. The minimum atomic E-state index is 0.727. The monoisotopic (exact) mass is 697 g/mol. The van der Waals surface area contributed by atoms with Crippen LogP contribution in [0.5, 0.6) is 0 Å². The molecule has 254 valence electrons. The number of fused-ring (bicyclic) bond motifs is 7. The molecule has 12 aromatic rings. The summed E-state index contributed by atoms with van der Waals surface area (Å²) in [4.78, 5) is 16.7. The Labute approximate surface area is 305 Å². The number of nitrogens with one attached hydrogen (secondary N) is 4. The molecule has 9 heteroatoms. The molecule has 0 saturated carbocycles. The lowest BCUT2D eigenvalue weighted by Gasteiger charge is -2.17. The van der Waals surface area contributed by atoms with Crippen LogP contribution in [0.4, 0.5) is 0 Å². The zero-order chi connectivity index (χ0) is 35.3. The molecule has 12 rings (SSSR count). The third-order valence-electron chi connectivity index (χ3n) is 10.6. The number of furan rings is 2. The maximum Gasteiger partial charge on any atom is 0.139 e. The molecule has 6 heterocycles. The highest BCUT2D eigenvalue weighted by atomic mass is 16.3. The number of hydrogen-bond acceptors (Lipinski definition) is 5. The van der Waals surface area contributed by atoms with Gasteiger partial charge in [-0.1, -0.05) is 78.0 Å². The summed E-state index contributed by atoms with van der Waals surface area (Å²) in [7, 11) is 0. The third-order valence-corrected chi connectivity index (χ3v) is 10.6. The molecule has 6 aromatic heterocycles. The zero-order valence-corrected chi connectivity index (χ0v) is 28.4. The Morgan fingerprint density at radius 1 is 0.537 bits per heavy atom. The second kappa shape index (κ2) is 10.9. The zero-order valence-electron chi connectivity index (χ0n) is 28.4. The predicted octanol–water partition coefficient (Wildman–Crippen LogP) is 11.6. The van der Waals surface area contributed by atoms with E-state index in [0.717, 1.165) is 122 Å². The van der Waals surface area contributed by atoms with E-state index < -0.39 is 0 Å². The third kappa shape index (κ3) is 4.11. The molecule has 4 N–H and O–H groups in total. The summed E-state index contributed by atoms with van der Waals surface area (Å²) < 4.78 is 12.8. The number of hydrogen-bond donors (Lipinski definition) is 4. The number of benzene rings is 6. The highest BCUT2D eigenvalue weighted by Gasteiger charge is 2.29. The average Bonchev–Trinajstić information content (AvgIpc) is 4.07. The van der Waals surface area contributed by atoms with Crippen LogP contribution in [0.1, 0.15) is 0 Å². The van der Waals surface area contributed by atoms with Gasteiger partial charge in [0.1, 0.15) is 28.3 Å². The molecule has 0 unspecified atom stereocenters. The molecule has 0 aliphatic carbocycles. The van der Waals surface area contributed by atoms with Gasteiger partial charge >= 0.3 is 0 Å². The first-order chi connectivity index (χ1) is 26.8. The Morgan fingerprint density at radius 3 is 2.26 bits per heavy atom. The van der Waals surface area contributed by atoms with Crippen molar-refractivity contribution >= 4 is 65.7 Å². The van der Waals surface area contributed by atoms with Crippen molar-refractivity contribution in [2.24, 2.45) is 0 Å². The Balaban J connectivity index is 1.33. The molecule has 6 aromatic carbocycles. The fraction of sp³-hybridized carbons (Fsp3) is 0. The van der Waals surface area contributed by atoms with Gasteiger partial charge in [0.25, 0.3) is 0 Å². The maximum atomic E-state index is 6.47. The van der Waals surface area contributed by atoms with Crippen molar-refractivity contribution in [1.29, 1.82) is 0 Å². The van der Waals surface area contributed by atoms with Crippen molar-refractivity contribution in [1.82, 2.24) is 35.3 Å². The van der Waals surface area contributed by atoms with Gasteiger partial charge in [0, 0.05) is 54.7 Å². The number of H-pyrrole nitrogens is 4. The van der Waals surface area contributed by atoms with Gasteiger partial charge in [0.05, 0.1) is 39.9 Å². The molecule has 0 aliphatic rings. The van der Waals surface area contributed by atoms with E-state index in [9.17, 15) is 0 Å². The van der Waals surface area contributed by atoms with E-state index in [2.05, 4.69) is 97.1 Å². The molecule has 9 nitrogen and oxygen atoms in total. The minimum absolute atomic E-state index is 0.727. The summed E-state index contributed by atoms with van der Waals surface area (Å²) in [5.41, 5.74) is 13.6. The van der Waals surface area contributed by atoms with Gasteiger partial charge in [-0.3, -0.25) is 5.10 Å². The smallest absolute Gasteiger partial charge is 0.139 e. The van der Waals surface area contributed by atoms with Crippen molar-refractivity contribution in [3.8, 4) is 56.5 Å². The van der Waals surface area contributed by atoms with E-state index in [4.69, 9.17) is 13.8 Å². The summed E-state index contributed by atoms with van der Waals surface area (Å²) >= 11 is 0. The molecular formula is C45H27N7O2. The van der Waals surface area contributed by atoms with Crippen LogP contribution in [0, 0.1) is 0 Å². The van der Waals surface area contributed by atoms with Crippen molar-refractivity contribution in [3.05, 3.63) is 140 Å². The van der Waals surface area contributed by atoms with E-state index in [0.29, 0.717) is 0 Å². The van der Waals surface area contributed by atoms with Gasteiger partial charge < -0.3 is 23.8 Å². The van der Waals surface area contributed by atoms with Gasteiger partial charge in [-0.05, 0) is 66.2 Å². The Kier molecular flexibility index (Phi) is 5.86. The summed E-state index contributed by atoms with van der Waals surface area (Å²) in [6.45, 7) is 0. The molecule has 0 amide bonds. The van der Waals surface area contributed by atoms with Crippen molar-refractivity contribution in [2.75, 3.05) is 0 Å². The number of aromatic nitrogens is 7. The SMILES string of the molecule is c1coc(-c2cc3c(-c4cc5ccccc5[nH]4)[nH]c(-c4cccc5[nH]nnc45)c3c(-c3nc4ccccc4[nH]3)c2-c2cccc3oc4ccccc4c23)c1. The highest BCUT2D eigenvalue weighted by molar-refractivity contribution is 6.23. The lowest BCUT2D eigenvalue weighted by Crippen LogP contribution is -1.95. The van der Waals surface area contributed by atoms with Crippen LogP contribution in [-0.4, -0.2) is 35.3 Å². The van der Waals surface area contributed by atoms with Crippen LogP contribution in [0.3, 0.4) is 0 Å². The van der Waals surface area contributed by atoms with Gasteiger partial charge in [-0.15, -0.1) is 5.10 Å². The lowest BCUT2D eigenvalue weighted by molar-refractivity contribution is 0.582. The standard InChI is InChI=1S/C45H27N7O2/c1-3-14-30-24(10-1)22-34(46-30)42-29-23-28(35-20-9-21-53-35)39(26-12-8-19-37-38(26)25-11-2-6-18-36(25)54-37)41(45-47-31-15-4-5-16-32(31)48-45)40(29)44(49-42)27-13-7-17-33-43(27)51-52-50-33/h1-23,46,49H,(H,47,48)(H,50,51,52). The van der Waals surface area contributed by atoms with Crippen molar-refractivity contribution < 1.29 is 8.83 Å². The first kappa shape index (κ1) is 29.0. The first-order valence-electron chi connectivity index (χ1n) is 17.8. The Hall–Kier alpha value is -7.65. The minimum Gasteiger partial charge on any atom is -0.464 e. The largest absolute Gasteiger partial charge is 0.464 e. The van der Waals surface area contributed by atoms with E-state index in [-0.39, 0.29) is 0 Å². The summed E-state index contributed by atoms with van der Waals surface area (Å²) in [6, 6.07) is 45.5. The van der Waals surface area contributed by atoms with Gasteiger partial charge in [0.15, 0.2) is 0 Å². The first-order valence-corrected chi connectivity index (χ1v) is 17.8. The van der Waals surface area contributed by atoms with Gasteiger partial charge in [-0.25, -0.2) is 4.98 Å². The van der Waals surface area contributed by atoms with E-state index in [1.165, 1.54) is 0 Å². The van der Waals surface area contributed by atoms with Crippen LogP contribution in [0.25, 0.3) is 122 Å². The number of aromatic amines is 4. The van der Waals surface area contributed by atoms with Crippen LogP contribution in [0.15, 0.2) is 149 Å². The quantitative estimate of drug-likeness (QED) is 0.142. The van der Waals surface area contributed by atoms with Crippen molar-refractivity contribution in [2.45, 2.75) is 0 Å². The number of para-hydroxylation sites is 4. The lowest BCUT2D eigenvalue weighted by atomic mass is 9.85. The second-order valence-corrected chi connectivity index (χ2v) is 13.6. The molecule has 0 spiro atoms. The molecule has 0 fully saturated rings. The van der Waals surface area contributed by atoms with E-state index in [1.807, 2.05) is 66.7 Å². The molecule has 0 bridgehead atoms. The molecular weight excluding hydrogens is 671 g/mol. The van der Waals surface area contributed by atoms with Crippen LogP contribution in [-0.2, 0) is 0 Å². The molecule has 0 atom stereocenters. The number of rotatable bonds is 5. The Bertz CT molecular complexity index is 3340. The van der Waals surface area contributed by atoms with Gasteiger partial charge in [0.2, 0.25) is 0 Å². The normalized spacial score (nSPS) is 12.1. The van der Waals surface area contributed by atoms with Crippen molar-refractivity contribution in [3.63, 3.8) is 0 Å². The molecule has 0 saturated heterocycles. The average molecular weight is 698 g/mol. The fourth-order valence-corrected chi connectivity index (χ4v) is 8.29. The van der Waals surface area contributed by atoms with Crippen LogP contribution in [0.2, 0.25) is 0 Å². The Morgan fingerprint density at radius 2 is 1.35 bits per heavy atom. The number of nitrogens with zero attached hydrogens (tertiary/aromatic N) is 3. The molecule has 0 aliphatic heterocycles.